The van der Waals surface area contributed by atoms with Gasteiger partial charge in [0, 0.05) is 39.1 Å². The number of ether oxygens (including phenoxy) is 1. The third-order valence-electron chi connectivity index (χ3n) is 4.44. The Balaban J connectivity index is 1.83. The Morgan fingerprint density at radius 3 is 2.43 bits per heavy atom. The number of carbonyl (C=O) groups is 2. The Morgan fingerprint density at radius 1 is 1.22 bits per heavy atom. The number of piperidine rings is 1. The second kappa shape index (κ2) is 8.67. The van der Waals surface area contributed by atoms with Gasteiger partial charge in [0.1, 0.15) is 0 Å². The number of carbonyl (C=O) groups excluding carboxylic acids is 2. The number of rotatable bonds is 6. The highest BCUT2D eigenvalue weighted by atomic mass is 16.5. The van der Waals surface area contributed by atoms with E-state index in [9.17, 15) is 9.59 Å². The van der Waals surface area contributed by atoms with Gasteiger partial charge in [0.25, 0.3) is 0 Å². The number of esters is 1. The van der Waals surface area contributed by atoms with Crippen molar-refractivity contribution in [3.63, 3.8) is 0 Å². The predicted molar refractivity (Wildman–Crippen MR) is 88.8 cm³/mol. The van der Waals surface area contributed by atoms with E-state index in [-0.39, 0.29) is 24.3 Å². The first-order chi connectivity index (χ1) is 11.1. The van der Waals surface area contributed by atoms with Gasteiger partial charge in [0.05, 0.1) is 13.5 Å². The lowest BCUT2D eigenvalue weighted by molar-refractivity contribution is -0.142. The molecule has 23 heavy (non-hydrogen) atoms. The molecule has 5 nitrogen and oxygen atoms in total. The lowest BCUT2D eigenvalue weighted by Crippen LogP contribution is -2.47. The molecule has 0 atom stereocenters. The van der Waals surface area contributed by atoms with Crippen molar-refractivity contribution in [1.82, 2.24) is 9.80 Å². The minimum atomic E-state index is -0.266. The van der Waals surface area contributed by atoms with Crippen LogP contribution in [0.3, 0.4) is 0 Å². The zero-order valence-corrected chi connectivity index (χ0v) is 14.0. The van der Waals surface area contributed by atoms with Crippen LogP contribution in [-0.2, 0) is 20.9 Å². The molecule has 1 aromatic rings. The Hall–Kier alpha value is -1.88. The van der Waals surface area contributed by atoms with Crippen molar-refractivity contribution in [2.24, 2.45) is 0 Å². The zero-order valence-electron chi connectivity index (χ0n) is 14.0. The molecule has 1 aromatic carbocycles. The molecule has 0 aliphatic carbocycles. The normalized spacial score (nSPS) is 16.1. The van der Waals surface area contributed by atoms with Crippen LogP contribution in [0.2, 0.25) is 0 Å². The lowest BCUT2D eigenvalue weighted by atomic mass is 10.0. The van der Waals surface area contributed by atoms with E-state index in [1.807, 2.05) is 11.0 Å². The van der Waals surface area contributed by atoms with Gasteiger partial charge in [0.15, 0.2) is 0 Å². The third kappa shape index (κ3) is 5.36. The van der Waals surface area contributed by atoms with Gasteiger partial charge in [-0.05, 0) is 18.4 Å². The van der Waals surface area contributed by atoms with Gasteiger partial charge in [-0.2, -0.15) is 0 Å². The van der Waals surface area contributed by atoms with Crippen LogP contribution in [0.15, 0.2) is 30.3 Å². The number of likely N-dealkylation sites (tertiary alicyclic amines) is 1. The van der Waals surface area contributed by atoms with Crippen LogP contribution >= 0.6 is 0 Å². The molecule has 1 fully saturated rings. The molecular weight excluding hydrogens is 292 g/mol. The summed E-state index contributed by atoms with van der Waals surface area (Å²) < 4.78 is 4.67. The first-order valence-electron chi connectivity index (χ1n) is 8.20. The second-order valence-electron chi connectivity index (χ2n) is 6.03. The summed E-state index contributed by atoms with van der Waals surface area (Å²) in [5, 5.41) is 0. The summed E-state index contributed by atoms with van der Waals surface area (Å²) in [6, 6.07) is 10.7. The summed E-state index contributed by atoms with van der Waals surface area (Å²) in [5.41, 5.74) is 1.32. The van der Waals surface area contributed by atoms with E-state index in [4.69, 9.17) is 0 Å². The summed E-state index contributed by atoms with van der Waals surface area (Å²) in [7, 11) is 1.38. The highest BCUT2D eigenvalue weighted by molar-refractivity contribution is 5.75. The lowest BCUT2D eigenvalue weighted by Gasteiger charge is -2.38. The number of hydrogen-bond acceptors (Lipinski definition) is 4. The van der Waals surface area contributed by atoms with Crippen LogP contribution < -0.4 is 0 Å². The minimum absolute atomic E-state index is 0.0374. The number of benzene rings is 1. The molecule has 1 saturated heterocycles. The fourth-order valence-corrected chi connectivity index (χ4v) is 3.14. The van der Waals surface area contributed by atoms with Crippen molar-refractivity contribution < 1.29 is 14.3 Å². The Bertz CT molecular complexity index is 510. The standard InChI is InChI=1S/C18H26N2O3/c1-15(21)20(13-10-18(22)23-2)17-8-11-19(12-9-17)14-16-6-4-3-5-7-16/h3-7,17H,8-14H2,1-2H3. The fraction of sp³-hybridized carbons (Fsp3) is 0.556. The minimum Gasteiger partial charge on any atom is -0.469 e. The number of amides is 1. The van der Waals surface area contributed by atoms with E-state index in [1.54, 1.807) is 6.92 Å². The summed E-state index contributed by atoms with van der Waals surface area (Å²) in [5.74, 6) is -0.229. The van der Waals surface area contributed by atoms with Crippen LogP contribution in [0.1, 0.15) is 31.7 Å². The van der Waals surface area contributed by atoms with Gasteiger partial charge in [-0.25, -0.2) is 0 Å². The summed E-state index contributed by atoms with van der Waals surface area (Å²) >= 11 is 0. The second-order valence-corrected chi connectivity index (χ2v) is 6.03. The van der Waals surface area contributed by atoms with Crippen LogP contribution in [0.25, 0.3) is 0 Å². The average Bonchev–Trinajstić information content (AvgIpc) is 2.57. The topological polar surface area (TPSA) is 49.9 Å². The van der Waals surface area contributed by atoms with Crippen LogP contribution in [0.5, 0.6) is 0 Å². The maximum absolute atomic E-state index is 11.9. The highest BCUT2D eigenvalue weighted by Crippen LogP contribution is 2.19. The molecule has 126 valence electrons. The molecule has 0 aromatic heterocycles. The van der Waals surface area contributed by atoms with Gasteiger partial charge in [-0.3, -0.25) is 14.5 Å². The SMILES string of the molecule is COC(=O)CCN(C(C)=O)C1CCN(Cc2ccccc2)CC1. The highest BCUT2D eigenvalue weighted by Gasteiger charge is 2.26. The molecule has 1 aliphatic rings. The van der Waals surface area contributed by atoms with Gasteiger partial charge in [-0.1, -0.05) is 30.3 Å². The van der Waals surface area contributed by atoms with Gasteiger partial charge < -0.3 is 9.64 Å². The Morgan fingerprint density at radius 2 is 1.87 bits per heavy atom. The molecule has 1 amide bonds. The van der Waals surface area contributed by atoms with Gasteiger partial charge >= 0.3 is 5.97 Å². The van der Waals surface area contributed by atoms with E-state index >= 15 is 0 Å². The summed E-state index contributed by atoms with van der Waals surface area (Å²) in [6.45, 7) is 4.93. The fourth-order valence-electron chi connectivity index (χ4n) is 3.14. The summed E-state index contributed by atoms with van der Waals surface area (Å²) in [4.78, 5) is 27.4. The maximum Gasteiger partial charge on any atom is 0.307 e. The maximum atomic E-state index is 11.9. The number of methoxy groups -OCH3 is 1. The Kier molecular flexibility index (Phi) is 6.59. The molecule has 2 rings (SSSR count). The van der Waals surface area contributed by atoms with E-state index in [0.717, 1.165) is 32.5 Å². The van der Waals surface area contributed by atoms with Crippen LogP contribution in [0.4, 0.5) is 0 Å². The van der Waals surface area contributed by atoms with Crippen molar-refractivity contribution >= 4 is 11.9 Å². The predicted octanol–water partition coefficient (Wildman–Crippen LogP) is 2.06. The molecule has 1 heterocycles. The molecule has 0 unspecified atom stereocenters. The average molecular weight is 318 g/mol. The molecular formula is C18H26N2O3. The van der Waals surface area contributed by atoms with Crippen molar-refractivity contribution in [3.05, 3.63) is 35.9 Å². The molecule has 5 heteroatoms. The van der Waals surface area contributed by atoms with Crippen molar-refractivity contribution in [2.45, 2.75) is 38.8 Å². The zero-order chi connectivity index (χ0) is 16.7. The van der Waals surface area contributed by atoms with Crippen LogP contribution in [-0.4, -0.2) is 54.5 Å². The smallest absolute Gasteiger partial charge is 0.307 e. The van der Waals surface area contributed by atoms with E-state index < -0.39 is 0 Å². The molecule has 0 saturated carbocycles. The van der Waals surface area contributed by atoms with Crippen molar-refractivity contribution in [2.75, 3.05) is 26.7 Å². The van der Waals surface area contributed by atoms with Gasteiger partial charge in [-0.15, -0.1) is 0 Å². The van der Waals surface area contributed by atoms with Gasteiger partial charge in [0.2, 0.25) is 5.91 Å². The largest absolute Gasteiger partial charge is 0.469 e. The van der Waals surface area contributed by atoms with E-state index in [2.05, 4.69) is 33.9 Å². The number of nitrogens with zero attached hydrogens (tertiary/aromatic N) is 2. The van der Waals surface area contributed by atoms with Crippen molar-refractivity contribution in [1.29, 1.82) is 0 Å². The van der Waals surface area contributed by atoms with Crippen molar-refractivity contribution in [3.8, 4) is 0 Å². The number of hydrogen-bond donors (Lipinski definition) is 0. The monoisotopic (exact) mass is 318 g/mol. The molecule has 0 N–H and O–H groups in total. The third-order valence-corrected chi connectivity index (χ3v) is 4.44. The molecule has 0 radical (unpaired) electrons. The van der Waals surface area contributed by atoms with E-state index in [0.29, 0.717) is 6.54 Å². The molecule has 0 spiro atoms. The first-order valence-corrected chi connectivity index (χ1v) is 8.20. The first kappa shape index (κ1) is 17.5. The molecule has 1 aliphatic heterocycles. The summed E-state index contributed by atoms with van der Waals surface area (Å²) in [6.07, 6.45) is 2.17. The van der Waals surface area contributed by atoms with Crippen LogP contribution in [0, 0.1) is 0 Å². The van der Waals surface area contributed by atoms with E-state index in [1.165, 1.54) is 12.7 Å². The molecule has 0 bridgehead atoms. The Labute approximate surface area is 138 Å². The quantitative estimate of drug-likeness (QED) is 0.754.